The Labute approximate surface area is 163 Å². The molecule has 2 aromatic carbocycles. The Hall–Kier alpha value is -2.75. The quantitative estimate of drug-likeness (QED) is 0.620. The Balaban J connectivity index is 1.97. The molecule has 0 aliphatic carbocycles. The number of ether oxygens (including phenoxy) is 1. The predicted octanol–water partition coefficient (Wildman–Crippen LogP) is 4.71. The number of nitrogens with zero attached hydrogens (tertiary/aromatic N) is 2. The molecule has 0 amide bonds. The molecule has 0 saturated carbocycles. The highest BCUT2D eigenvalue weighted by Crippen LogP contribution is 2.46. The lowest BCUT2D eigenvalue weighted by Gasteiger charge is -2.24. The molecular weight excluding hydrogens is 416 g/mol. The summed E-state index contributed by atoms with van der Waals surface area (Å²) in [6.07, 6.45) is 0. The van der Waals surface area contributed by atoms with Crippen LogP contribution in [0.25, 0.3) is 11.3 Å². The summed E-state index contributed by atoms with van der Waals surface area (Å²) < 4.78 is 6.54. The maximum atomic E-state index is 9.69. The molecule has 5 nitrogen and oxygen atoms in total. The molecular formula is C19H12BrClN4O. The molecule has 1 aliphatic rings. The average molecular weight is 428 g/mol. The van der Waals surface area contributed by atoms with Gasteiger partial charge in [0.2, 0.25) is 11.8 Å². The number of rotatable bonds is 2. The van der Waals surface area contributed by atoms with E-state index in [1.54, 1.807) is 6.07 Å². The SMILES string of the molecule is N#CC1=C(N)Oc2n[nH]c(-c3ccccc3Cl)c2C1c1ccc(Br)cc1. The fourth-order valence-corrected chi connectivity index (χ4v) is 3.60. The van der Waals surface area contributed by atoms with Gasteiger partial charge in [0.25, 0.3) is 0 Å². The largest absolute Gasteiger partial charge is 0.420 e. The summed E-state index contributed by atoms with van der Waals surface area (Å²) in [5.74, 6) is 0.0105. The molecule has 3 N–H and O–H groups in total. The second-order valence-corrected chi connectivity index (χ2v) is 7.10. The molecule has 1 aliphatic heterocycles. The molecule has 0 spiro atoms. The van der Waals surface area contributed by atoms with Gasteiger partial charge in [0, 0.05) is 15.1 Å². The van der Waals surface area contributed by atoms with Gasteiger partial charge in [0.05, 0.1) is 17.2 Å². The average Bonchev–Trinajstić information content (AvgIpc) is 3.05. The maximum absolute atomic E-state index is 9.69. The van der Waals surface area contributed by atoms with Crippen LogP contribution in [0.1, 0.15) is 17.0 Å². The monoisotopic (exact) mass is 426 g/mol. The Kier molecular flexibility index (Phi) is 4.19. The molecule has 4 rings (SSSR count). The van der Waals surface area contributed by atoms with Crippen LogP contribution in [0, 0.1) is 11.3 Å². The minimum absolute atomic E-state index is 0.0603. The number of aromatic nitrogens is 2. The van der Waals surface area contributed by atoms with Gasteiger partial charge < -0.3 is 10.5 Å². The van der Waals surface area contributed by atoms with Crippen molar-refractivity contribution in [3.8, 4) is 23.2 Å². The first-order valence-electron chi connectivity index (χ1n) is 7.76. The number of benzene rings is 2. The minimum Gasteiger partial charge on any atom is -0.420 e. The normalized spacial score (nSPS) is 16.0. The number of halogens is 2. The lowest BCUT2D eigenvalue weighted by molar-refractivity contribution is 0.379. The van der Waals surface area contributed by atoms with E-state index in [4.69, 9.17) is 22.1 Å². The first-order valence-corrected chi connectivity index (χ1v) is 8.93. The van der Waals surface area contributed by atoms with Crippen LogP contribution in [0.5, 0.6) is 5.88 Å². The van der Waals surface area contributed by atoms with Crippen molar-refractivity contribution in [2.75, 3.05) is 0 Å². The van der Waals surface area contributed by atoms with Gasteiger partial charge in [-0.3, -0.25) is 5.10 Å². The Morgan fingerprint density at radius 3 is 2.62 bits per heavy atom. The molecule has 26 heavy (non-hydrogen) atoms. The zero-order chi connectivity index (χ0) is 18.3. The molecule has 0 radical (unpaired) electrons. The third-order valence-corrected chi connectivity index (χ3v) is 5.14. The highest BCUT2D eigenvalue weighted by molar-refractivity contribution is 9.10. The minimum atomic E-state index is -0.401. The van der Waals surface area contributed by atoms with Crippen LogP contribution in [-0.4, -0.2) is 10.2 Å². The number of fused-ring (bicyclic) bond motifs is 1. The topological polar surface area (TPSA) is 87.7 Å². The fraction of sp³-hybridized carbons (Fsp3) is 0.0526. The highest BCUT2D eigenvalue weighted by Gasteiger charge is 2.35. The maximum Gasteiger partial charge on any atom is 0.244 e. The summed E-state index contributed by atoms with van der Waals surface area (Å²) in [6.45, 7) is 0. The molecule has 0 bridgehead atoms. The lowest BCUT2D eigenvalue weighted by Crippen LogP contribution is -2.20. The van der Waals surface area contributed by atoms with Crippen LogP contribution < -0.4 is 10.5 Å². The van der Waals surface area contributed by atoms with Gasteiger partial charge in [0.1, 0.15) is 11.6 Å². The zero-order valence-electron chi connectivity index (χ0n) is 13.3. The van der Waals surface area contributed by atoms with E-state index in [-0.39, 0.29) is 5.88 Å². The molecule has 3 aromatic rings. The zero-order valence-corrected chi connectivity index (χ0v) is 15.7. The predicted molar refractivity (Wildman–Crippen MR) is 102 cm³/mol. The van der Waals surface area contributed by atoms with E-state index < -0.39 is 5.92 Å². The van der Waals surface area contributed by atoms with E-state index in [9.17, 15) is 5.26 Å². The lowest BCUT2D eigenvalue weighted by atomic mass is 9.83. The highest BCUT2D eigenvalue weighted by atomic mass is 79.9. The van der Waals surface area contributed by atoms with Gasteiger partial charge in [-0.2, -0.15) is 5.26 Å². The summed E-state index contributed by atoms with van der Waals surface area (Å²) in [6, 6.07) is 17.4. The second-order valence-electron chi connectivity index (χ2n) is 5.77. The van der Waals surface area contributed by atoms with Crippen molar-refractivity contribution < 1.29 is 4.74 Å². The third-order valence-electron chi connectivity index (χ3n) is 4.29. The molecule has 2 heterocycles. The summed E-state index contributed by atoms with van der Waals surface area (Å²) in [4.78, 5) is 0. The van der Waals surface area contributed by atoms with Crippen LogP contribution in [0.4, 0.5) is 0 Å². The van der Waals surface area contributed by atoms with Crippen molar-refractivity contribution in [3.05, 3.63) is 80.6 Å². The van der Waals surface area contributed by atoms with Crippen molar-refractivity contribution in [1.82, 2.24) is 10.2 Å². The Morgan fingerprint density at radius 1 is 1.19 bits per heavy atom. The van der Waals surface area contributed by atoms with Crippen LogP contribution in [0.15, 0.2) is 64.5 Å². The van der Waals surface area contributed by atoms with Crippen LogP contribution in [0.2, 0.25) is 5.02 Å². The van der Waals surface area contributed by atoms with Crippen molar-refractivity contribution in [2.24, 2.45) is 5.73 Å². The number of nitrogens with two attached hydrogens (primary N) is 1. The number of hydrogen-bond acceptors (Lipinski definition) is 4. The molecule has 7 heteroatoms. The van der Waals surface area contributed by atoms with Crippen LogP contribution in [0.3, 0.4) is 0 Å². The fourth-order valence-electron chi connectivity index (χ4n) is 3.10. The van der Waals surface area contributed by atoms with E-state index in [1.165, 1.54) is 0 Å². The van der Waals surface area contributed by atoms with Crippen molar-refractivity contribution in [1.29, 1.82) is 5.26 Å². The standard InChI is InChI=1S/C19H12BrClN4O/c20-11-7-5-10(6-8-11)15-13(9-22)18(23)26-19-16(15)17(24-25-19)12-3-1-2-4-14(12)21/h1-8,15H,23H2,(H,24,25). The van der Waals surface area contributed by atoms with Crippen molar-refractivity contribution >= 4 is 27.5 Å². The number of nitrogens with one attached hydrogen (secondary N) is 1. The van der Waals surface area contributed by atoms with Gasteiger partial charge in [0.15, 0.2) is 0 Å². The van der Waals surface area contributed by atoms with E-state index in [1.807, 2.05) is 42.5 Å². The molecule has 1 atom stereocenters. The molecule has 0 saturated heterocycles. The molecule has 128 valence electrons. The smallest absolute Gasteiger partial charge is 0.244 e. The first-order chi connectivity index (χ1) is 12.6. The van der Waals surface area contributed by atoms with Crippen LogP contribution in [-0.2, 0) is 0 Å². The van der Waals surface area contributed by atoms with Crippen LogP contribution >= 0.6 is 27.5 Å². The van der Waals surface area contributed by atoms with Crippen molar-refractivity contribution in [2.45, 2.75) is 5.92 Å². The summed E-state index contributed by atoms with van der Waals surface area (Å²) in [5, 5.41) is 17.5. The Morgan fingerprint density at radius 2 is 1.92 bits per heavy atom. The van der Waals surface area contributed by atoms with Gasteiger partial charge in [-0.25, -0.2) is 0 Å². The summed E-state index contributed by atoms with van der Waals surface area (Å²) in [5.41, 5.74) is 9.47. The molecule has 1 aromatic heterocycles. The van der Waals surface area contributed by atoms with E-state index in [0.717, 1.165) is 21.2 Å². The number of H-pyrrole nitrogens is 1. The summed E-state index contributed by atoms with van der Waals surface area (Å²) >= 11 is 9.81. The second kappa shape index (κ2) is 6.52. The van der Waals surface area contributed by atoms with E-state index in [0.29, 0.717) is 22.2 Å². The van der Waals surface area contributed by atoms with E-state index >= 15 is 0 Å². The van der Waals surface area contributed by atoms with Gasteiger partial charge in [-0.15, -0.1) is 5.10 Å². The summed E-state index contributed by atoms with van der Waals surface area (Å²) in [7, 11) is 0. The van der Waals surface area contributed by atoms with Gasteiger partial charge >= 0.3 is 0 Å². The Bertz CT molecular complexity index is 1070. The van der Waals surface area contributed by atoms with E-state index in [2.05, 4.69) is 32.2 Å². The third kappa shape index (κ3) is 2.66. The van der Waals surface area contributed by atoms with Crippen molar-refractivity contribution in [3.63, 3.8) is 0 Å². The van der Waals surface area contributed by atoms with Gasteiger partial charge in [-0.05, 0) is 23.8 Å². The van der Waals surface area contributed by atoms with Gasteiger partial charge in [-0.1, -0.05) is 57.9 Å². The molecule has 0 fully saturated rings. The number of aromatic amines is 1. The number of hydrogen-bond donors (Lipinski definition) is 2. The molecule has 1 unspecified atom stereocenters. The number of nitriles is 1. The number of allylic oxidation sites excluding steroid dienone is 1. The first kappa shape index (κ1) is 16.7.